The molecule has 0 aliphatic heterocycles. The third kappa shape index (κ3) is 7.09. The fourth-order valence-corrected chi connectivity index (χ4v) is 5.02. The average Bonchev–Trinajstić information content (AvgIpc) is 2.91. The van der Waals surface area contributed by atoms with Crippen LogP contribution in [0.4, 0.5) is 13.2 Å². The van der Waals surface area contributed by atoms with Crippen molar-refractivity contribution in [3.8, 4) is 22.6 Å². The molecule has 1 fully saturated rings. The lowest BCUT2D eigenvalue weighted by atomic mass is 9.79. The molecular weight excluding hydrogens is 473 g/mol. The van der Waals surface area contributed by atoms with Crippen LogP contribution >= 0.6 is 0 Å². The molecule has 4 rings (SSSR count). The van der Waals surface area contributed by atoms with Crippen LogP contribution in [-0.2, 0) is 6.61 Å². The molecular formula is C32H37F3O2. The van der Waals surface area contributed by atoms with Crippen LogP contribution in [-0.4, -0.2) is 6.61 Å². The Labute approximate surface area is 218 Å². The van der Waals surface area contributed by atoms with Crippen LogP contribution in [0.15, 0.2) is 54.6 Å². The molecule has 0 radical (unpaired) electrons. The first-order valence-electron chi connectivity index (χ1n) is 13.6. The highest BCUT2D eigenvalue weighted by Gasteiger charge is 2.24. The number of rotatable bonds is 11. The number of halogens is 3. The Balaban J connectivity index is 1.34. The number of unbranched alkanes of at least 4 members (excludes halogenated alkanes) is 3. The van der Waals surface area contributed by atoms with Gasteiger partial charge in [0.25, 0.3) is 0 Å². The maximum atomic E-state index is 14.8. The standard InChI is InChI=1S/C32H37F3O2/c1-3-4-5-6-19-36-30-18-14-25(20-29(30)33)23-11-15-27(16-12-23)37-21-26-13-17-28(32(35)31(26)34)24-9-7-22(2)8-10-24/h11-18,20,22,24H,3-10,19,21H2,1-2H3. The summed E-state index contributed by atoms with van der Waals surface area (Å²) in [6.45, 7) is 4.80. The van der Waals surface area contributed by atoms with Gasteiger partial charge < -0.3 is 9.47 Å². The molecule has 0 bridgehead atoms. The van der Waals surface area contributed by atoms with Crippen LogP contribution in [0.1, 0.15) is 82.3 Å². The summed E-state index contributed by atoms with van der Waals surface area (Å²) in [5, 5.41) is 0. The Kier molecular flexibility index (Phi) is 9.54. The molecule has 0 amide bonds. The van der Waals surface area contributed by atoms with Crippen molar-refractivity contribution >= 4 is 0 Å². The van der Waals surface area contributed by atoms with Crippen molar-refractivity contribution in [1.82, 2.24) is 0 Å². The second-order valence-electron chi connectivity index (χ2n) is 10.3. The van der Waals surface area contributed by atoms with Crippen LogP contribution in [0.5, 0.6) is 11.5 Å². The molecule has 0 unspecified atom stereocenters. The summed E-state index contributed by atoms with van der Waals surface area (Å²) in [4.78, 5) is 0. The summed E-state index contributed by atoms with van der Waals surface area (Å²) in [7, 11) is 0. The number of hydrogen-bond acceptors (Lipinski definition) is 2. The van der Waals surface area contributed by atoms with Gasteiger partial charge in [0, 0.05) is 5.56 Å². The Morgan fingerprint density at radius 1 is 0.757 bits per heavy atom. The molecule has 3 aromatic rings. The molecule has 2 nitrogen and oxygen atoms in total. The van der Waals surface area contributed by atoms with E-state index in [1.165, 1.54) is 6.07 Å². The minimum Gasteiger partial charge on any atom is -0.491 e. The lowest BCUT2D eigenvalue weighted by Gasteiger charge is -2.27. The Hall–Kier alpha value is -2.95. The normalized spacial score (nSPS) is 17.5. The van der Waals surface area contributed by atoms with E-state index in [0.29, 0.717) is 23.8 Å². The highest BCUT2D eigenvalue weighted by atomic mass is 19.2. The Bertz CT molecular complexity index is 1150. The summed E-state index contributed by atoms with van der Waals surface area (Å²) < 4.78 is 55.4. The van der Waals surface area contributed by atoms with Crippen LogP contribution in [0, 0.1) is 23.4 Å². The number of benzene rings is 3. The zero-order chi connectivity index (χ0) is 26.2. The van der Waals surface area contributed by atoms with E-state index in [1.54, 1.807) is 30.3 Å². The van der Waals surface area contributed by atoms with Gasteiger partial charge in [0.15, 0.2) is 23.2 Å². The van der Waals surface area contributed by atoms with Gasteiger partial charge in [0.2, 0.25) is 0 Å². The zero-order valence-electron chi connectivity index (χ0n) is 21.9. The molecule has 0 heterocycles. The van der Waals surface area contributed by atoms with Gasteiger partial charge in [0.1, 0.15) is 12.4 Å². The minimum absolute atomic E-state index is 0.0665. The molecule has 5 heteroatoms. The largest absolute Gasteiger partial charge is 0.491 e. The first-order chi connectivity index (χ1) is 18.0. The van der Waals surface area contributed by atoms with Gasteiger partial charge in [-0.2, -0.15) is 0 Å². The van der Waals surface area contributed by atoms with E-state index in [9.17, 15) is 13.2 Å². The van der Waals surface area contributed by atoms with Crippen molar-refractivity contribution < 1.29 is 22.6 Å². The molecule has 0 spiro atoms. The van der Waals surface area contributed by atoms with Crippen molar-refractivity contribution in [2.75, 3.05) is 6.61 Å². The summed E-state index contributed by atoms with van der Waals surface area (Å²) in [5.74, 6) is -0.426. The summed E-state index contributed by atoms with van der Waals surface area (Å²) in [6, 6.07) is 15.4. The van der Waals surface area contributed by atoms with Crippen LogP contribution in [0.2, 0.25) is 0 Å². The topological polar surface area (TPSA) is 18.5 Å². The van der Waals surface area contributed by atoms with E-state index in [4.69, 9.17) is 9.47 Å². The van der Waals surface area contributed by atoms with E-state index in [1.807, 2.05) is 18.2 Å². The van der Waals surface area contributed by atoms with Gasteiger partial charge in [-0.1, -0.05) is 76.3 Å². The van der Waals surface area contributed by atoms with E-state index >= 15 is 0 Å². The van der Waals surface area contributed by atoms with Crippen molar-refractivity contribution in [2.24, 2.45) is 5.92 Å². The fourth-order valence-electron chi connectivity index (χ4n) is 5.02. The molecule has 1 saturated carbocycles. The number of hydrogen-bond donors (Lipinski definition) is 0. The van der Waals surface area contributed by atoms with Gasteiger partial charge in [0.05, 0.1) is 6.61 Å². The zero-order valence-corrected chi connectivity index (χ0v) is 21.9. The monoisotopic (exact) mass is 510 g/mol. The van der Waals surface area contributed by atoms with Crippen LogP contribution < -0.4 is 9.47 Å². The maximum absolute atomic E-state index is 14.8. The SMILES string of the molecule is CCCCCCOc1ccc(-c2ccc(OCc3ccc(C4CCC(C)CC4)c(F)c3F)cc2)cc1F. The van der Waals surface area contributed by atoms with Crippen LogP contribution in [0.25, 0.3) is 11.1 Å². The lowest BCUT2D eigenvalue weighted by Crippen LogP contribution is -2.13. The minimum atomic E-state index is -0.823. The Morgan fingerprint density at radius 3 is 2.19 bits per heavy atom. The number of ether oxygens (including phenoxy) is 2. The second kappa shape index (κ2) is 13.0. The lowest BCUT2D eigenvalue weighted by molar-refractivity contribution is 0.290. The molecule has 1 aliphatic carbocycles. The fraction of sp³-hybridized carbons (Fsp3) is 0.438. The average molecular weight is 511 g/mol. The van der Waals surface area contributed by atoms with Gasteiger partial charge in [-0.25, -0.2) is 13.2 Å². The molecule has 0 aromatic heterocycles. The summed E-state index contributed by atoms with van der Waals surface area (Å²) >= 11 is 0. The molecule has 198 valence electrons. The molecule has 0 atom stereocenters. The van der Waals surface area contributed by atoms with E-state index in [-0.39, 0.29) is 23.8 Å². The van der Waals surface area contributed by atoms with Crippen molar-refractivity contribution in [1.29, 1.82) is 0 Å². The molecule has 1 aliphatic rings. The van der Waals surface area contributed by atoms with Crippen LogP contribution in [0.3, 0.4) is 0 Å². The highest BCUT2D eigenvalue weighted by molar-refractivity contribution is 5.65. The summed E-state index contributed by atoms with van der Waals surface area (Å²) in [6.07, 6.45) is 8.20. The van der Waals surface area contributed by atoms with E-state index < -0.39 is 17.5 Å². The third-order valence-corrected chi connectivity index (χ3v) is 7.42. The van der Waals surface area contributed by atoms with Gasteiger partial charge >= 0.3 is 0 Å². The first kappa shape index (κ1) is 27.1. The smallest absolute Gasteiger partial charge is 0.165 e. The van der Waals surface area contributed by atoms with Gasteiger partial charge in [-0.3, -0.25) is 0 Å². The van der Waals surface area contributed by atoms with E-state index in [2.05, 4.69) is 13.8 Å². The maximum Gasteiger partial charge on any atom is 0.165 e. The Morgan fingerprint density at radius 2 is 1.49 bits per heavy atom. The highest BCUT2D eigenvalue weighted by Crippen LogP contribution is 2.37. The van der Waals surface area contributed by atoms with Crippen molar-refractivity contribution in [2.45, 2.75) is 77.7 Å². The first-order valence-corrected chi connectivity index (χ1v) is 13.6. The molecule has 37 heavy (non-hydrogen) atoms. The van der Waals surface area contributed by atoms with Gasteiger partial charge in [-0.15, -0.1) is 0 Å². The second-order valence-corrected chi connectivity index (χ2v) is 10.3. The quantitative estimate of drug-likeness (QED) is 0.239. The van der Waals surface area contributed by atoms with Crippen molar-refractivity contribution in [3.05, 3.63) is 83.2 Å². The molecule has 0 N–H and O–H groups in total. The third-order valence-electron chi connectivity index (χ3n) is 7.42. The summed E-state index contributed by atoms with van der Waals surface area (Å²) in [5.41, 5.74) is 2.23. The van der Waals surface area contributed by atoms with Crippen molar-refractivity contribution in [3.63, 3.8) is 0 Å². The van der Waals surface area contributed by atoms with E-state index in [0.717, 1.165) is 62.5 Å². The molecule has 3 aromatic carbocycles. The predicted molar refractivity (Wildman–Crippen MR) is 143 cm³/mol. The van der Waals surface area contributed by atoms with Gasteiger partial charge in [-0.05, 0) is 72.1 Å². The molecule has 0 saturated heterocycles. The predicted octanol–water partition coefficient (Wildman–Crippen LogP) is 9.60.